The smallest absolute Gasteiger partial charge is 0.251 e. The van der Waals surface area contributed by atoms with Crippen LogP contribution in [0.4, 0.5) is 0 Å². The Hall–Kier alpha value is -2.17. The molecule has 0 unspecified atom stereocenters. The van der Waals surface area contributed by atoms with Gasteiger partial charge in [0.2, 0.25) is 0 Å². The highest BCUT2D eigenvalue weighted by atomic mass is 16.5. The van der Waals surface area contributed by atoms with Gasteiger partial charge in [0, 0.05) is 19.1 Å². The molecular weight excluding hydrogens is 324 g/mol. The van der Waals surface area contributed by atoms with Crippen molar-refractivity contribution in [3.05, 3.63) is 71.8 Å². The molecule has 26 heavy (non-hydrogen) atoms. The molecule has 2 aliphatic rings. The normalized spacial score (nSPS) is 23.5. The number of carbonyl (C=O) groups is 1. The van der Waals surface area contributed by atoms with Crippen molar-refractivity contribution >= 4 is 5.91 Å². The first-order chi connectivity index (χ1) is 12.8. The number of hydrogen-bond donors (Lipinski definition) is 1. The van der Waals surface area contributed by atoms with Gasteiger partial charge in [-0.2, -0.15) is 0 Å². The minimum atomic E-state index is -0.442. The summed E-state index contributed by atoms with van der Waals surface area (Å²) in [5.41, 5.74) is 2.40. The van der Waals surface area contributed by atoms with E-state index in [1.807, 2.05) is 36.4 Å². The van der Waals surface area contributed by atoms with E-state index in [1.54, 1.807) is 0 Å². The van der Waals surface area contributed by atoms with Crippen molar-refractivity contribution in [1.29, 1.82) is 0 Å². The number of nitrogens with zero attached hydrogens (tertiary/aromatic N) is 1. The molecule has 0 radical (unpaired) electrons. The predicted octanol–water partition coefficient (Wildman–Crippen LogP) is 2.95. The molecule has 1 N–H and O–H groups in total. The van der Waals surface area contributed by atoms with Crippen LogP contribution in [0.2, 0.25) is 0 Å². The molecule has 136 valence electrons. The monoisotopic (exact) mass is 350 g/mol. The molecular formula is C22H26N2O2. The summed E-state index contributed by atoms with van der Waals surface area (Å²) in [7, 11) is 0. The lowest BCUT2D eigenvalue weighted by Crippen LogP contribution is -2.52. The third-order valence-electron chi connectivity index (χ3n) is 5.26. The van der Waals surface area contributed by atoms with Gasteiger partial charge in [0.15, 0.2) is 6.10 Å². The second kappa shape index (κ2) is 8.02. The summed E-state index contributed by atoms with van der Waals surface area (Å²) >= 11 is 0. The molecule has 1 saturated heterocycles. The minimum Gasteiger partial charge on any atom is -0.365 e. The SMILES string of the molecule is O=C(NCCc1ccccc1)[C@@H]1OCCN(C2CC2)[C@H]1c1ccccc1. The van der Waals surface area contributed by atoms with Crippen molar-refractivity contribution < 1.29 is 9.53 Å². The van der Waals surface area contributed by atoms with Gasteiger partial charge in [0.05, 0.1) is 12.6 Å². The van der Waals surface area contributed by atoms with Gasteiger partial charge in [-0.3, -0.25) is 9.69 Å². The summed E-state index contributed by atoms with van der Waals surface area (Å²) in [5.74, 6) is 0.000124. The lowest BCUT2D eigenvalue weighted by molar-refractivity contribution is -0.146. The quantitative estimate of drug-likeness (QED) is 0.871. The molecule has 4 heteroatoms. The Bertz CT molecular complexity index is 715. The van der Waals surface area contributed by atoms with Gasteiger partial charge in [-0.25, -0.2) is 0 Å². The maximum atomic E-state index is 12.9. The topological polar surface area (TPSA) is 41.6 Å². The highest BCUT2D eigenvalue weighted by molar-refractivity contribution is 5.82. The molecule has 0 spiro atoms. The van der Waals surface area contributed by atoms with Crippen LogP contribution in [0.5, 0.6) is 0 Å². The van der Waals surface area contributed by atoms with Crippen molar-refractivity contribution in [1.82, 2.24) is 10.2 Å². The maximum absolute atomic E-state index is 12.9. The standard InChI is InChI=1S/C22H26N2O2/c25-22(23-14-13-17-7-3-1-4-8-17)21-20(18-9-5-2-6-10-18)24(15-16-26-21)19-11-12-19/h1-10,19-21H,11-16H2,(H,23,25)/t20-,21+/m0/s1. The van der Waals surface area contributed by atoms with Gasteiger partial charge in [0.25, 0.3) is 5.91 Å². The van der Waals surface area contributed by atoms with E-state index in [4.69, 9.17) is 4.74 Å². The summed E-state index contributed by atoms with van der Waals surface area (Å²) in [6, 6.07) is 21.2. The second-order valence-electron chi connectivity index (χ2n) is 7.14. The van der Waals surface area contributed by atoms with Crippen LogP contribution in [0, 0.1) is 0 Å². The van der Waals surface area contributed by atoms with E-state index in [9.17, 15) is 4.79 Å². The zero-order valence-electron chi connectivity index (χ0n) is 15.0. The van der Waals surface area contributed by atoms with Crippen LogP contribution in [0.25, 0.3) is 0 Å². The number of nitrogens with one attached hydrogen (secondary N) is 1. The average Bonchev–Trinajstić information content (AvgIpc) is 3.54. The Morgan fingerprint density at radius 1 is 1.04 bits per heavy atom. The average molecular weight is 350 g/mol. The first-order valence-electron chi connectivity index (χ1n) is 9.57. The second-order valence-corrected chi connectivity index (χ2v) is 7.14. The zero-order chi connectivity index (χ0) is 17.8. The van der Waals surface area contributed by atoms with Gasteiger partial charge in [-0.15, -0.1) is 0 Å². The Kier molecular flexibility index (Phi) is 5.32. The highest BCUT2D eigenvalue weighted by Gasteiger charge is 2.43. The van der Waals surface area contributed by atoms with E-state index in [2.05, 4.69) is 34.5 Å². The molecule has 2 fully saturated rings. The van der Waals surface area contributed by atoms with E-state index in [0.29, 0.717) is 19.2 Å². The molecule has 4 rings (SSSR count). The lowest BCUT2D eigenvalue weighted by Gasteiger charge is -2.41. The highest BCUT2D eigenvalue weighted by Crippen LogP contribution is 2.38. The van der Waals surface area contributed by atoms with Crippen molar-refractivity contribution in [3.63, 3.8) is 0 Å². The fourth-order valence-corrected chi connectivity index (χ4v) is 3.82. The molecule has 1 heterocycles. The Morgan fingerprint density at radius 3 is 2.42 bits per heavy atom. The molecule has 0 aromatic heterocycles. The zero-order valence-corrected chi connectivity index (χ0v) is 15.0. The summed E-state index contributed by atoms with van der Waals surface area (Å²) in [6.45, 7) is 2.16. The third-order valence-corrected chi connectivity index (χ3v) is 5.26. The maximum Gasteiger partial charge on any atom is 0.251 e. The van der Waals surface area contributed by atoms with Crippen LogP contribution in [0.15, 0.2) is 60.7 Å². The molecule has 2 aromatic carbocycles. The van der Waals surface area contributed by atoms with Crippen LogP contribution in [0.1, 0.15) is 30.0 Å². The summed E-state index contributed by atoms with van der Waals surface area (Å²) in [4.78, 5) is 15.4. The van der Waals surface area contributed by atoms with Crippen LogP contribution < -0.4 is 5.32 Å². The van der Waals surface area contributed by atoms with E-state index in [0.717, 1.165) is 13.0 Å². The molecule has 2 aromatic rings. The molecule has 1 aliphatic carbocycles. The summed E-state index contributed by atoms with van der Waals surface area (Å²) < 4.78 is 5.96. The van der Waals surface area contributed by atoms with Crippen LogP contribution in [-0.2, 0) is 16.0 Å². The van der Waals surface area contributed by atoms with E-state index < -0.39 is 6.10 Å². The molecule has 1 amide bonds. The van der Waals surface area contributed by atoms with Gasteiger partial charge >= 0.3 is 0 Å². The van der Waals surface area contributed by atoms with Crippen molar-refractivity contribution in [2.24, 2.45) is 0 Å². The van der Waals surface area contributed by atoms with Crippen LogP contribution in [0.3, 0.4) is 0 Å². The predicted molar refractivity (Wildman–Crippen MR) is 102 cm³/mol. The van der Waals surface area contributed by atoms with Crippen molar-refractivity contribution in [3.8, 4) is 0 Å². The van der Waals surface area contributed by atoms with Gasteiger partial charge in [-0.05, 0) is 30.4 Å². The number of morpholine rings is 1. The number of hydrogen-bond acceptors (Lipinski definition) is 3. The van der Waals surface area contributed by atoms with Gasteiger partial charge < -0.3 is 10.1 Å². The number of carbonyl (C=O) groups excluding carboxylic acids is 1. The third kappa shape index (κ3) is 3.97. The van der Waals surface area contributed by atoms with Crippen LogP contribution >= 0.6 is 0 Å². The Labute approximate surface area is 155 Å². The van der Waals surface area contributed by atoms with Gasteiger partial charge in [0.1, 0.15) is 0 Å². The number of ether oxygens (including phenoxy) is 1. The molecule has 1 aliphatic heterocycles. The fourth-order valence-electron chi connectivity index (χ4n) is 3.82. The number of benzene rings is 2. The summed E-state index contributed by atoms with van der Waals surface area (Å²) in [5, 5.41) is 3.09. The van der Waals surface area contributed by atoms with Crippen molar-refractivity contribution in [2.45, 2.75) is 37.5 Å². The first kappa shape index (κ1) is 17.3. The van der Waals surface area contributed by atoms with E-state index >= 15 is 0 Å². The Balaban J connectivity index is 1.44. The minimum absolute atomic E-state index is 0.000124. The number of rotatable bonds is 6. The van der Waals surface area contributed by atoms with E-state index in [-0.39, 0.29) is 11.9 Å². The molecule has 1 saturated carbocycles. The number of amides is 1. The molecule has 2 atom stereocenters. The lowest BCUT2D eigenvalue weighted by atomic mass is 9.97. The van der Waals surface area contributed by atoms with E-state index in [1.165, 1.54) is 24.0 Å². The fraction of sp³-hybridized carbons (Fsp3) is 0.409. The largest absolute Gasteiger partial charge is 0.365 e. The summed E-state index contributed by atoms with van der Waals surface area (Å²) in [6.07, 6.45) is 2.85. The first-order valence-corrected chi connectivity index (χ1v) is 9.57. The Morgan fingerprint density at radius 2 is 1.73 bits per heavy atom. The van der Waals surface area contributed by atoms with Crippen molar-refractivity contribution in [2.75, 3.05) is 19.7 Å². The molecule has 0 bridgehead atoms. The molecule has 4 nitrogen and oxygen atoms in total. The van der Waals surface area contributed by atoms with Gasteiger partial charge in [-0.1, -0.05) is 60.7 Å². The van der Waals surface area contributed by atoms with Crippen LogP contribution in [-0.4, -0.2) is 42.6 Å².